The Morgan fingerprint density at radius 1 is 1.07 bits per heavy atom. The topological polar surface area (TPSA) is 160 Å². The number of nitrogens with one attached hydrogen (secondary N) is 3. The van der Waals surface area contributed by atoms with Crippen molar-refractivity contribution in [2.75, 3.05) is 20.3 Å². The van der Waals surface area contributed by atoms with Gasteiger partial charge in [0.2, 0.25) is 0 Å². The number of hydrogen-bond acceptors (Lipinski definition) is 9. The molecule has 0 aliphatic carbocycles. The van der Waals surface area contributed by atoms with Gasteiger partial charge >= 0.3 is 12.0 Å². The molecular formula is C32H30BrN5O7. The zero-order valence-corrected chi connectivity index (χ0v) is 26.3. The van der Waals surface area contributed by atoms with Crippen LogP contribution in [-0.4, -0.2) is 44.4 Å². The number of amides is 3. The van der Waals surface area contributed by atoms with E-state index < -0.39 is 23.9 Å². The highest BCUT2D eigenvalue weighted by Gasteiger charge is 2.32. The number of ether oxygens (including phenoxy) is 4. The van der Waals surface area contributed by atoms with Crippen molar-refractivity contribution in [3.05, 3.63) is 98.7 Å². The van der Waals surface area contributed by atoms with E-state index in [1.165, 1.54) is 13.3 Å². The Balaban J connectivity index is 1.32. The number of hydrazone groups is 1. The monoisotopic (exact) mass is 675 g/mol. The van der Waals surface area contributed by atoms with Crippen molar-refractivity contribution in [3.63, 3.8) is 0 Å². The summed E-state index contributed by atoms with van der Waals surface area (Å²) >= 11 is 3.48. The SMILES string of the molecule is CCOC(=O)C1=C(C)NC(=O)N[C@H]1c1ccc(OCC(=O)N/N=C/c2ccc(OCc3ccc(C#N)cc3)c(Br)c2)c(OC)c1. The summed E-state index contributed by atoms with van der Waals surface area (Å²) in [6.45, 7) is 3.48. The maximum absolute atomic E-state index is 12.6. The zero-order valence-electron chi connectivity index (χ0n) is 24.7. The highest BCUT2D eigenvalue weighted by atomic mass is 79.9. The molecule has 1 aliphatic rings. The zero-order chi connectivity index (χ0) is 32.3. The number of carbonyl (C=O) groups is 3. The Labute approximate surface area is 268 Å². The highest BCUT2D eigenvalue weighted by molar-refractivity contribution is 9.10. The number of benzene rings is 3. The average molecular weight is 677 g/mol. The number of rotatable bonds is 12. The molecule has 3 aromatic carbocycles. The van der Waals surface area contributed by atoms with E-state index in [-0.39, 0.29) is 24.5 Å². The molecule has 0 fully saturated rings. The van der Waals surface area contributed by atoms with Crippen LogP contribution in [0.15, 0.2) is 81.5 Å². The molecular weight excluding hydrogens is 646 g/mol. The van der Waals surface area contributed by atoms with Crippen LogP contribution < -0.4 is 30.3 Å². The summed E-state index contributed by atoms with van der Waals surface area (Å²) in [7, 11) is 1.44. The molecule has 0 bridgehead atoms. The van der Waals surface area contributed by atoms with Crippen molar-refractivity contribution in [1.82, 2.24) is 16.1 Å². The molecule has 0 unspecified atom stereocenters. The molecule has 1 heterocycles. The first kappa shape index (κ1) is 32.6. The van der Waals surface area contributed by atoms with Gasteiger partial charge in [0, 0.05) is 5.70 Å². The van der Waals surface area contributed by atoms with Gasteiger partial charge in [-0.15, -0.1) is 0 Å². The van der Waals surface area contributed by atoms with Crippen molar-refractivity contribution < 1.29 is 33.3 Å². The first-order chi connectivity index (χ1) is 21.7. The minimum Gasteiger partial charge on any atom is -0.493 e. The molecule has 4 rings (SSSR count). The predicted octanol–water partition coefficient (Wildman–Crippen LogP) is 4.63. The van der Waals surface area contributed by atoms with Gasteiger partial charge in [-0.1, -0.05) is 18.2 Å². The fraction of sp³-hybridized carbons (Fsp3) is 0.219. The first-order valence-electron chi connectivity index (χ1n) is 13.7. The van der Waals surface area contributed by atoms with Gasteiger partial charge in [0.15, 0.2) is 18.1 Å². The van der Waals surface area contributed by atoms with E-state index in [0.29, 0.717) is 45.0 Å². The molecule has 0 spiro atoms. The number of nitriles is 1. The Bertz CT molecular complexity index is 1680. The molecule has 45 heavy (non-hydrogen) atoms. The fourth-order valence-corrected chi connectivity index (χ4v) is 4.82. The van der Waals surface area contributed by atoms with E-state index >= 15 is 0 Å². The summed E-state index contributed by atoms with van der Waals surface area (Å²) in [4.78, 5) is 37.2. The Kier molecular flexibility index (Phi) is 11.1. The Morgan fingerprint density at radius 2 is 1.82 bits per heavy atom. The summed E-state index contributed by atoms with van der Waals surface area (Å²) in [6, 6.07) is 18.2. The number of hydrogen-bond donors (Lipinski definition) is 3. The number of halogens is 1. The molecule has 0 radical (unpaired) electrons. The van der Waals surface area contributed by atoms with E-state index in [9.17, 15) is 14.4 Å². The van der Waals surface area contributed by atoms with Crippen molar-refractivity contribution in [3.8, 4) is 23.3 Å². The smallest absolute Gasteiger partial charge is 0.338 e. The van der Waals surface area contributed by atoms with E-state index in [1.54, 1.807) is 62.4 Å². The van der Waals surface area contributed by atoms with Gasteiger partial charge in [0.25, 0.3) is 5.91 Å². The number of allylic oxidation sites excluding steroid dienone is 1. The molecule has 3 amide bonds. The summed E-state index contributed by atoms with van der Waals surface area (Å²) in [5, 5.41) is 18.2. The Morgan fingerprint density at radius 3 is 2.51 bits per heavy atom. The summed E-state index contributed by atoms with van der Waals surface area (Å²) in [5.74, 6) is 0.135. The van der Waals surface area contributed by atoms with E-state index in [1.807, 2.05) is 12.1 Å². The van der Waals surface area contributed by atoms with Crippen LogP contribution in [0.5, 0.6) is 17.2 Å². The largest absolute Gasteiger partial charge is 0.493 e. The van der Waals surface area contributed by atoms with Gasteiger partial charge < -0.3 is 29.6 Å². The minimum absolute atomic E-state index is 0.180. The van der Waals surface area contributed by atoms with Gasteiger partial charge in [-0.3, -0.25) is 4.79 Å². The van der Waals surface area contributed by atoms with Crippen molar-refractivity contribution in [2.45, 2.75) is 26.5 Å². The number of esters is 1. The maximum atomic E-state index is 12.6. The van der Waals surface area contributed by atoms with Crippen LogP contribution >= 0.6 is 15.9 Å². The summed E-state index contributed by atoms with van der Waals surface area (Å²) < 4.78 is 22.8. The van der Waals surface area contributed by atoms with E-state index in [0.717, 1.165) is 5.56 Å². The van der Waals surface area contributed by atoms with Gasteiger partial charge in [-0.05, 0) is 88.9 Å². The van der Waals surface area contributed by atoms with Crippen LogP contribution in [0.1, 0.15) is 42.1 Å². The van der Waals surface area contributed by atoms with Crippen molar-refractivity contribution in [1.29, 1.82) is 5.26 Å². The molecule has 1 aliphatic heterocycles. The van der Waals surface area contributed by atoms with E-state index in [4.69, 9.17) is 24.2 Å². The second kappa shape index (κ2) is 15.4. The third kappa shape index (κ3) is 8.61. The quantitative estimate of drug-likeness (QED) is 0.142. The van der Waals surface area contributed by atoms with E-state index in [2.05, 4.69) is 43.2 Å². The van der Waals surface area contributed by atoms with Crippen LogP contribution in [0.2, 0.25) is 0 Å². The number of carbonyl (C=O) groups excluding carboxylic acids is 3. The summed E-state index contributed by atoms with van der Waals surface area (Å²) in [5.41, 5.74) is 5.84. The molecule has 3 N–H and O–H groups in total. The van der Waals surface area contributed by atoms with Gasteiger partial charge in [-0.25, -0.2) is 15.0 Å². The standard InChI is InChI=1S/C32H30BrN5O7/c1-4-43-31(40)29-19(2)36-32(41)37-30(29)23-10-12-26(27(14-23)42-3)45-18-28(39)38-35-16-22-9-11-25(24(33)13-22)44-17-21-7-5-20(15-34)6-8-21/h5-14,16,30H,4,17-18H2,1-3H3,(H,38,39)(H2,36,37,41)/b35-16+/t30-/m0/s1. The lowest BCUT2D eigenvalue weighted by Gasteiger charge is -2.28. The number of urea groups is 1. The Hall–Kier alpha value is -5.35. The minimum atomic E-state index is -0.776. The fourth-order valence-electron chi connectivity index (χ4n) is 4.31. The van der Waals surface area contributed by atoms with Crippen LogP contribution in [0.4, 0.5) is 4.79 Å². The molecule has 1 atom stereocenters. The molecule has 0 saturated carbocycles. The van der Waals surface area contributed by atoms with Crippen LogP contribution in [0.3, 0.4) is 0 Å². The molecule has 232 valence electrons. The highest BCUT2D eigenvalue weighted by Crippen LogP contribution is 2.34. The maximum Gasteiger partial charge on any atom is 0.338 e. The lowest BCUT2D eigenvalue weighted by molar-refractivity contribution is -0.139. The summed E-state index contributed by atoms with van der Waals surface area (Å²) in [6.07, 6.45) is 1.48. The van der Waals surface area contributed by atoms with Gasteiger partial charge in [-0.2, -0.15) is 10.4 Å². The third-order valence-electron chi connectivity index (χ3n) is 6.48. The molecule has 0 aromatic heterocycles. The normalized spacial score (nSPS) is 14.2. The second-order valence-electron chi connectivity index (χ2n) is 9.57. The predicted molar refractivity (Wildman–Crippen MR) is 168 cm³/mol. The first-order valence-corrected chi connectivity index (χ1v) is 14.5. The van der Waals surface area contributed by atoms with Crippen molar-refractivity contribution in [2.24, 2.45) is 5.10 Å². The third-order valence-corrected chi connectivity index (χ3v) is 7.10. The van der Waals surface area contributed by atoms with Crippen LogP contribution in [0, 0.1) is 11.3 Å². The molecule has 3 aromatic rings. The number of nitrogens with zero attached hydrogens (tertiary/aromatic N) is 2. The lowest BCUT2D eigenvalue weighted by atomic mass is 9.95. The van der Waals surface area contributed by atoms with Crippen molar-refractivity contribution >= 4 is 40.1 Å². The second-order valence-corrected chi connectivity index (χ2v) is 10.4. The van der Waals surface area contributed by atoms with Crippen LogP contribution in [0.25, 0.3) is 0 Å². The van der Waals surface area contributed by atoms with Crippen LogP contribution in [-0.2, 0) is 20.9 Å². The van der Waals surface area contributed by atoms with Gasteiger partial charge in [0.1, 0.15) is 12.4 Å². The number of methoxy groups -OCH3 is 1. The average Bonchev–Trinajstić information content (AvgIpc) is 3.03. The molecule has 0 saturated heterocycles. The molecule has 13 heteroatoms. The molecule has 12 nitrogen and oxygen atoms in total. The van der Waals surface area contributed by atoms with Gasteiger partial charge in [0.05, 0.1) is 47.7 Å². The lowest BCUT2D eigenvalue weighted by Crippen LogP contribution is -2.45.